The zero-order valence-electron chi connectivity index (χ0n) is 10.6. The number of benzene rings is 1. The fraction of sp³-hybridized carbons (Fsp3) is 0.333. The van der Waals surface area contributed by atoms with Crippen molar-refractivity contribution in [2.45, 2.75) is 33.1 Å². The Labute approximate surface area is 112 Å². The second kappa shape index (κ2) is 4.36. The van der Waals surface area contributed by atoms with Gasteiger partial charge in [-0.05, 0) is 37.8 Å². The average molecular weight is 259 g/mol. The zero-order valence-corrected chi connectivity index (χ0v) is 11.4. The van der Waals surface area contributed by atoms with Crippen LogP contribution in [0, 0.1) is 0 Å². The van der Waals surface area contributed by atoms with Crippen LogP contribution < -0.4 is 0 Å². The van der Waals surface area contributed by atoms with Crippen molar-refractivity contribution in [2.75, 3.05) is 0 Å². The van der Waals surface area contributed by atoms with Crippen molar-refractivity contribution in [3.8, 4) is 0 Å². The minimum atomic E-state index is 0.776. The van der Waals surface area contributed by atoms with Crippen LogP contribution in [0.4, 0.5) is 5.69 Å². The first-order valence-electron chi connectivity index (χ1n) is 6.34. The summed E-state index contributed by atoms with van der Waals surface area (Å²) < 4.78 is 0. The van der Waals surface area contributed by atoms with Gasteiger partial charge in [-0.3, -0.25) is 9.98 Å². The van der Waals surface area contributed by atoms with Crippen molar-refractivity contribution in [1.82, 2.24) is 4.98 Å². The lowest BCUT2D eigenvalue weighted by Gasteiger charge is -2.15. The van der Waals surface area contributed by atoms with E-state index in [2.05, 4.69) is 31.0 Å². The van der Waals surface area contributed by atoms with Gasteiger partial charge in [-0.25, -0.2) is 0 Å². The molecule has 18 heavy (non-hydrogen) atoms. The summed E-state index contributed by atoms with van der Waals surface area (Å²) in [5.41, 5.74) is 5.46. The molecule has 2 nitrogen and oxygen atoms in total. The van der Waals surface area contributed by atoms with E-state index >= 15 is 0 Å². The highest BCUT2D eigenvalue weighted by molar-refractivity contribution is 6.35. The van der Waals surface area contributed by atoms with Crippen LogP contribution >= 0.6 is 11.6 Å². The number of pyridine rings is 1. The molecule has 92 valence electrons. The Bertz CT molecular complexity index is 659. The fourth-order valence-corrected chi connectivity index (χ4v) is 2.68. The predicted octanol–water partition coefficient (Wildman–Crippen LogP) is 4.49. The van der Waals surface area contributed by atoms with Crippen LogP contribution in [-0.4, -0.2) is 10.7 Å². The maximum absolute atomic E-state index is 6.33. The second-order valence-electron chi connectivity index (χ2n) is 4.77. The molecular weight excluding hydrogens is 244 g/mol. The van der Waals surface area contributed by atoms with Gasteiger partial charge in [-0.15, -0.1) is 0 Å². The SMILES string of the molecule is CCc1cc(Cl)c2ccc3c(c2n1)N=C(C)CC3. The summed E-state index contributed by atoms with van der Waals surface area (Å²) in [5.74, 6) is 0. The summed E-state index contributed by atoms with van der Waals surface area (Å²) in [6.45, 7) is 4.17. The van der Waals surface area contributed by atoms with Crippen molar-refractivity contribution in [3.05, 3.63) is 34.5 Å². The van der Waals surface area contributed by atoms with Gasteiger partial charge in [0.15, 0.2) is 0 Å². The molecule has 2 aromatic rings. The van der Waals surface area contributed by atoms with E-state index in [-0.39, 0.29) is 0 Å². The standard InChI is InChI=1S/C15H15ClN2/c1-3-11-8-13(16)12-7-6-10-5-4-9(2)17-14(10)15(12)18-11/h6-8H,3-5H2,1-2H3. The van der Waals surface area contributed by atoms with Crippen LogP contribution in [0.15, 0.2) is 23.2 Å². The smallest absolute Gasteiger partial charge is 0.0979 e. The third-order valence-corrected chi connectivity index (χ3v) is 3.77. The lowest BCUT2D eigenvalue weighted by atomic mass is 9.99. The summed E-state index contributed by atoms with van der Waals surface area (Å²) in [7, 11) is 0. The molecule has 1 aromatic carbocycles. The second-order valence-corrected chi connectivity index (χ2v) is 5.17. The van der Waals surface area contributed by atoms with Crippen molar-refractivity contribution >= 4 is 33.9 Å². The number of aliphatic imine (C=N–C) groups is 1. The maximum atomic E-state index is 6.33. The molecule has 0 atom stereocenters. The molecule has 2 heterocycles. The van der Waals surface area contributed by atoms with E-state index in [9.17, 15) is 0 Å². The van der Waals surface area contributed by atoms with E-state index in [1.807, 2.05) is 6.07 Å². The molecule has 0 N–H and O–H groups in total. The average Bonchev–Trinajstić information content (AvgIpc) is 2.38. The number of hydrogen-bond donors (Lipinski definition) is 0. The molecule has 0 spiro atoms. The van der Waals surface area contributed by atoms with Crippen molar-refractivity contribution < 1.29 is 0 Å². The molecule has 1 aliphatic rings. The van der Waals surface area contributed by atoms with Crippen LogP contribution in [-0.2, 0) is 12.8 Å². The maximum Gasteiger partial charge on any atom is 0.0979 e. The Hall–Kier alpha value is -1.41. The molecule has 0 unspecified atom stereocenters. The third-order valence-electron chi connectivity index (χ3n) is 3.46. The summed E-state index contributed by atoms with van der Waals surface area (Å²) >= 11 is 6.33. The fourth-order valence-electron chi connectivity index (χ4n) is 2.40. The number of hydrogen-bond acceptors (Lipinski definition) is 2. The highest BCUT2D eigenvalue weighted by Gasteiger charge is 2.15. The largest absolute Gasteiger partial charge is 0.256 e. The van der Waals surface area contributed by atoms with E-state index in [0.29, 0.717) is 0 Å². The van der Waals surface area contributed by atoms with Crippen LogP contribution in [0.2, 0.25) is 5.02 Å². The predicted molar refractivity (Wildman–Crippen MR) is 77.2 cm³/mol. The van der Waals surface area contributed by atoms with Gasteiger partial charge in [0, 0.05) is 16.8 Å². The number of aryl methyl sites for hydroxylation is 2. The van der Waals surface area contributed by atoms with Crippen LogP contribution in [0.25, 0.3) is 10.9 Å². The van der Waals surface area contributed by atoms with Gasteiger partial charge in [-0.2, -0.15) is 0 Å². The monoisotopic (exact) mass is 258 g/mol. The van der Waals surface area contributed by atoms with Gasteiger partial charge < -0.3 is 0 Å². The summed E-state index contributed by atoms with van der Waals surface area (Å²) in [4.78, 5) is 9.40. The van der Waals surface area contributed by atoms with Gasteiger partial charge in [0.1, 0.15) is 0 Å². The topological polar surface area (TPSA) is 25.2 Å². The molecular formula is C15H15ClN2. The van der Waals surface area contributed by atoms with Gasteiger partial charge in [0.25, 0.3) is 0 Å². The molecule has 3 heteroatoms. The number of rotatable bonds is 1. The van der Waals surface area contributed by atoms with E-state index in [1.165, 1.54) is 11.3 Å². The lowest BCUT2D eigenvalue weighted by Crippen LogP contribution is -2.03. The molecule has 0 fully saturated rings. The van der Waals surface area contributed by atoms with Gasteiger partial charge in [0.2, 0.25) is 0 Å². The quantitative estimate of drug-likeness (QED) is 0.740. The summed E-state index contributed by atoms with van der Waals surface area (Å²) in [6, 6.07) is 6.15. The molecule has 0 aliphatic carbocycles. The first-order valence-corrected chi connectivity index (χ1v) is 6.72. The number of aromatic nitrogens is 1. The Balaban J connectivity index is 2.38. The van der Waals surface area contributed by atoms with Crippen LogP contribution in [0.1, 0.15) is 31.5 Å². The summed E-state index contributed by atoms with van der Waals surface area (Å²) in [5, 5.41) is 1.78. The normalized spacial score (nSPS) is 14.5. The van der Waals surface area contributed by atoms with E-state index in [4.69, 9.17) is 16.6 Å². The molecule has 0 radical (unpaired) electrons. The van der Waals surface area contributed by atoms with E-state index < -0.39 is 0 Å². The molecule has 0 bridgehead atoms. The highest BCUT2D eigenvalue weighted by Crippen LogP contribution is 2.36. The molecule has 0 saturated carbocycles. The Morgan fingerprint density at radius 2 is 2.11 bits per heavy atom. The zero-order chi connectivity index (χ0) is 12.7. The molecule has 0 saturated heterocycles. The third kappa shape index (κ3) is 1.81. The minimum Gasteiger partial charge on any atom is -0.256 e. The van der Waals surface area contributed by atoms with E-state index in [0.717, 1.165) is 46.6 Å². The van der Waals surface area contributed by atoms with Crippen molar-refractivity contribution in [2.24, 2.45) is 4.99 Å². The van der Waals surface area contributed by atoms with Gasteiger partial charge in [0.05, 0.1) is 16.2 Å². The van der Waals surface area contributed by atoms with Gasteiger partial charge >= 0.3 is 0 Å². The first kappa shape index (κ1) is 11.7. The molecule has 0 amide bonds. The lowest BCUT2D eigenvalue weighted by molar-refractivity contribution is 1.000. The minimum absolute atomic E-state index is 0.776. The van der Waals surface area contributed by atoms with Crippen molar-refractivity contribution in [3.63, 3.8) is 0 Å². The van der Waals surface area contributed by atoms with Crippen LogP contribution in [0.3, 0.4) is 0 Å². The van der Waals surface area contributed by atoms with Crippen molar-refractivity contribution in [1.29, 1.82) is 0 Å². The Morgan fingerprint density at radius 3 is 2.89 bits per heavy atom. The van der Waals surface area contributed by atoms with E-state index in [1.54, 1.807) is 0 Å². The van der Waals surface area contributed by atoms with Gasteiger partial charge in [-0.1, -0.05) is 30.7 Å². The molecule has 3 rings (SSSR count). The van der Waals surface area contributed by atoms with Crippen LogP contribution in [0.5, 0.6) is 0 Å². The Morgan fingerprint density at radius 1 is 1.28 bits per heavy atom. The number of halogens is 1. The Kier molecular flexibility index (Phi) is 2.83. The number of nitrogens with zero attached hydrogens (tertiary/aromatic N) is 2. The first-order chi connectivity index (χ1) is 8.69. The highest BCUT2D eigenvalue weighted by atomic mass is 35.5. The molecule has 1 aromatic heterocycles. The molecule has 1 aliphatic heterocycles. The summed E-state index contributed by atoms with van der Waals surface area (Å²) in [6.07, 6.45) is 2.98. The number of fused-ring (bicyclic) bond motifs is 3.